The van der Waals surface area contributed by atoms with E-state index in [1.165, 1.54) is 31.2 Å². The molecule has 1 heterocycles. The number of nitrogens with zero attached hydrogens (tertiary/aromatic N) is 3. The fourth-order valence-electron chi connectivity index (χ4n) is 2.77. The number of guanidine groups is 2. The summed E-state index contributed by atoms with van der Waals surface area (Å²) in [6.07, 6.45) is 7.05. The number of halogens is 1. The monoisotopic (exact) mass is 337 g/mol. The molecule has 1 aromatic rings. The van der Waals surface area contributed by atoms with E-state index in [9.17, 15) is 0 Å². The number of hydrogen-bond acceptors (Lipinski definition) is 5. The molecule has 0 amide bonds. The van der Waals surface area contributed by atoms with E-state index in [-0.39, 0.29) is 24.5 Å². The first-order chi connectivity index (χ1) is 10.6. The molecule has 1 aliphatic heterocycles. The summed E-state index contributed by atoms with van der Waals surface area (Å²) in [6.45, 7) is 4.29. The minimum atomic E-state index is -0.0547. The number of aliphatic imine (C=N–C) groups is 2. The number of anilines is 1. The van der Waals surface area contributed by atoms with Crippen LogP contribution in [0, 0.1) is 6.92 Å². The second-order valence-corrected chi connectivity index (χ2v) is 5.85. The molecule has 0 saturated heterocycles. The highest BCUT2D eigenvalue weighted by Gasteiger charge is 2.25. The third kappa shape index (κ3) is 5.43. The average Bonchev–Trinajstić information content (AvgIpc) is 2.46. The Morgan fingerprint density at radius 2 is 1.87 bits per heavy atom. The molecule has 0 fully saturated rings. The van der Waals surface area contributed by atoms with Gasteiger partial charge in [-0.05, 0) is 37.5 Å². The van der Waals surface area contributed by atoms with Crippen molar-refractivity contribution in [2.24, 2.45) is 21.5 Å². The molecule has 0 aromatic heterocycles. The van der Waals surface area contributed by atoms with E-state index in [1.807, 2.05) is 17.0 Å². The number of unbranched alkanes of at least 4 members (excludes halogenated alkanes) is 4. The first kappa shape index (κ1) is 19.3. The molecule has 128 valence electrons. The highest BCUT2D eigenvalue weighted by molar-refractivity contribution is 6.04. The van der Waals surface area contributed by atoms with Gasteiger partial charge < -0.3 is 11.5 Å². The molecule has 4 N–H and O–H groups in total. The average molecular weight is 338 g/mol. The maximum atomic E-state index is 6.11. The molecule has 1 aromatic carbocycles. The molecular weight excluding hydrogens is 310 g/mol. The normalized spacial score (nSPS) is 17.3. The zero-order valence-electron chi connectivity index (χ0n) is 14.0. The van der Waals surface area contributed by atoms with Crippen molar-refractivity contribution in [3.63, 3.8) is 0 Å². The van der Waals surface area contributed by atoms with Crippen molar-refractivity contribution in [1.82, 2.24) is 0 Å². The molecule has 5 nitrogen and oxygen atoms in total. The van der Waals surface area contributed by atoms with Crippen LogP contribution in [0.1, 0.15) is 51.0 Å². The Labute approximate surface area is 145 Å². The summed E-state index contributed by atoms with van der Waals surface area (Å²) in [6, 6.07) is 8.23. The van der Waals surface area contributed by atoms with Gasteiger partial charge in [-0.25, -0.2) is 4.99 Å². The molecule has 2 rings (SSSR count). The number of hydrogen-bond donors (Lipinski definition) is 2. The first-order valence-corrected chi connectivity index (χ1v) is 8.15. The predicted octanol–water partition coefficient (Wildman–Crippen LogP) is 3.55. The van der Waals surface area contributed by atoms with E-state index in [0.717, 1.165) is 18.5 Å². The lowest BCUT2D eigenvalue weighted by Gasteiger charge is -2.32. The van der Waals surface area contributed by atoms with Crippen LogP contribution in [0.2, 0.25) is 0 Å². The van der Waals surface area contributed by atoms with Gasteiger partial charge in [0.2, 0.25) is 11.9 Å². The highest BCUT2D eigenvalue weighted by Crippen LogP contribution is 2.24. The number of nitrogens with two attached hydrogens (primary N) is 2. The van der Waals surface area contributed by atoms with E-state index in [4.69, 9.17) is 11.5 Å². The van der Waals surface area contributed by atoms with Gasteiger partial charge in [-0.1, -0.05) is 44.7 Å². The van der Waals surface area contributed by atoms with Crippen LogP contribution in [0.4, 0.5) is 5.69 Å². The Morgan fingerprint density at radius 1 is 1.13 bits per heavy atom. The topological polar surface area (TPSA) is 80.0 Å². The summed E-state index contributed by atoms with van der Waals surface area (Å²) in [5, 5.41) is 0. The first-order valence-electron chi connectivity index (χ1n) is 8.15. The highest BCUT2D eigenvalue weighted by atomic mass is 35.5. The molecule has 6 heteroatoms. The Hall–Kier alpha value is -1.75. The van der Waals surface area contributed by atoms with Crippen LogP contribution in [-0.4, -0.2) is 18.1 Å². The van der Waals surface area contributed by atoms with Gasteiger partial charge in [-0.3, -0.25) is 4.90 Å². The smallest absolute Gasteiger partial charge is 0.220 e. The van der Waals surface area contributed by atoms with Crippen LogP contribution in [0.3, 0.4) is 0 Å². The van der Waals surface area contributed by atoms with Crippen LogP contribution < -0.4 is 16.4 Å². The van der Waals surface area contributed by atoms with Crippen molar-refractivity contribution in [3.05, 3.63) is 29.8 Å². The minimum Gasteiger partial charge on any atom is -0.369 e. The Kier molecular flexibility index (Phi) is 7.89. The number of rotatable bonds is 7. The van der Waals surface area contributed by atoms with Crippen LogP contribution in [-0.2, 0) is 0 Å². The van der Waals surface area contributed by atoms with E-state index in [2.05, 4.69) is 36.0 Å². The van der Waals surface area contributed by atoms with Crippen LogP contribution in [0.25, 0.3) is 0 Å². The van der Waals surface area contributed by atoms with Gasteiger partial charge in [0.05, 0.1) is 0 Å². The molecule has 0 spiro atoms. The summed E-state index contributed by atoms with van der Waals surface area (Å²) in [7, 11) is 0. The van der Waals surface area contributed by atoms with Crippen molar-refractivity contribution in [3.8, 4) is 0 Å². The molecule has 0 saturated carbocycles. The molecular formula is C17H28ClN5. The Bertz CT molecular complexity index is 556. The number of benzene rings is 1. The van der Waals surface area contributed by atoms with Gasteiger partial charge in [0.1, 0.15) is 6.17 Å². The fraction of sp³-hybridized carbons (Fsp3) is 0.529. The second-order valence-electron chi connectivity index (χ2n) is 5.85. The van der Waals surface area contributed by atoms with Gasteiger partial charge in [-0.15, -0.1) is 12.4 Å². The minimum absolute atomic E-state index is 0. The summed E-state index contributed by atoms with van der Waals surface area (Å²) < 4.78 is 0. The van der Waals surface area contributed by atoms with Crippen LogP contribution in [0.5, 0.6) is 0 Å². The molecule has 0 aliphatic carbocycles. The lowest BCUT2D eigenvalue weighted by molar-refractivity contribution is 0.546. The summed E-state index contributed by atoms with van der Waals surface area (Å²) >= 11 is 0. The van der Waals surface area contributed by atoms with Gasteiger partial charge in [-0.2, -0.15) is 4.99 Å². The van der Waals surface area contributed by atoms with Crippen molar-refractivity contribution in [2.75, 3.05) is 4.90 Å². The molecule has 1 atom stereocenters. The molecule has 23 heavy (non-hydrogen) atoms. The summed E-state index contributed by atoms with van der Waals surface area (Å²) in [5.74, 6) is 0.705. The van der Waals surface area contributed by atoms with Gasteiger partial charge in [0, 0.05) is 5.69 Å². The summed E-state index contributed by atoms with van der Waals surface area (Å²) in [4.78, 5) is 10.6. The third-order valence-electron chi connectivity index (χ3n) is 3.90. The second kappa shape index (κ2) is 9.40. The molecule has 1 unspecified atom stereocenters. The largest absolute Gasteiger partial charge is 0.369 e. The zero-order chi connectivity index (χ0) is 15.9. The fourth-order valence-corrected chi connectivity index (χ4v) is 2.77. The molecule has 0 bridgehead atoms. The van der Waals surface area contributed by atoms with Crippen molar-refractivity contribution in [2.45, 2.75) is 58.5 Å². The Balaban J connectivity index is 0.00000264. The SMILES string of the molecule is CCCCCCCC1N=C(N)N=C(N)N1c1cccc(C)c1.Cl. The quantitative estimate of drug-likeness (QED) is 0.746. The Morgan fingerprint density at radius 3 is 2.57 bits per heavy atom. The van der Waals surface area contributed by atoms with Crippen molar-refractivity contribution < 1.29 is 0 Å². The van der Waals surface area contributed by atoms with Crippen molar-refractivity contribution >= 4 is 30.0 Å². The van der Waals surface area contributed by atoms with Gasteiger partial charge >= 0.3 is 0 Å². The number of aryl methyl sites for hydroxylation is 1. The maximum Gasteiger partial charge on any atom is 0.220 e. The van der Waals surface area contributed by atoms with Crippen LogP contribution in [0.15, 0.2) is 34.3 Å². The maximum absolute atomic E-state index is 6.11. The molecule has 1 aliphatic rings. The lowest BCUT2D eigenvalue weighted by atomic mass is 10.1. The van der Waals surface area contributed by atoms with E-state index in [0.29, 0.717) is 5.96 Å². The standard InChI is InChI=1S/C17H27N5.ClH/c1-3-4-5-6-7-11-15-20-16(18)21-17(19)22(15)14-10-8-9-13(2)12-14;/h8-10,12,15H,3-7,11H2,1-2H3,(H4,18,19,20,21);1H. The summed E-state index contributed by atoms with van der Waals surface area (Å²) in [5.41, 5.74) is 14.1. The van der Waals surface area contributed by atoms with E-state index < -0.39 is 0 Å². The van der Waals surface area contributed by atoms with E-state index >= 15 is 0 Å². The van der Waals surface area contributed by atoms with Crippen LogP contribution >= 0.6 is 12.4 Å². The van der Waals surface area contributed by atoms with E-state index in [1.54, 1.807) is 0 Å². The third-order valence-corrected chi connectivity index (χ3v) is 3.90. The lowest BCUT2D eigenvalue weighted by Crippen LogP contribution is -2.48. The van der Waals surface area contributed by atoms with Gasteiger partial charge in [0.25, 0.3) is 0 Å². The zero-order valence-corrected chi connectivity index (χ0v) is 14.9. The van der Waals surface area contributed by atoms with Gasteiger partial charge in [0.15, 0.2) is 0 Å². The molecule has 0 radical (unpaired) electrons. The predicted molar refractivity (Wildman–Crippen MR) is 101 cm³/mol. The van der Waals surface area contributed by atoms with Crippen molar-refractivity contribution in [1.29, 1.82) is 0 Å².